The van der Waals surface area contributed by atoms with Gasteiger partial charge in [-0.2, -0.15) is 15.1 Å². The number of carbonyl (C=O) groups excluding carboxylic acids is 2. The van der Waals surface area contributed by atoms with Gasteiger partial charge in [-0.1, -0.05) is 11.8 Å². The number of methoxy groups -OCH3 is 2. The second-order valence-corrected chi connectivity index (χ2v) is 16.1. The first kappa shape index (κ1) is 49.7. The molecule has 1 aromatic carbocycles. The number of carboxylic acid groups (broad SMARTS) is 2. The molecule has 0 saturated carbocycles. The fourth-order valence-electron chi connectivity index (χ4n) is 5.69. The Hall–Kier alpha value is -5.92. The van der Waals surface area contributed by atoms with Gasteiger partial charge in [-0.05, 0) is 41.3 Å². The van der Waals surface area contributed by atoms with Crippen LogP contribution in [0.15, 0.2) is 48.8 Å². The van der Waals surface area contributed by atoms with Crippen LogP contribution in [0.5, 0.6) is 11.5 Å². The summed E-state index contributed by atoms with van der Waals surface area (Å²) in [6, 6.07) is 9.30. The number of aldehydes is 1. The number of hydrogen-bond donors (Lipinski definition) is 6. The number of rotatable bonds is 27. The predicted octanol–water partition coefficient (Wildman–Crippen LogP) is 1.21. The van der Waals surface area contributed by atoms with Crippen LogP contribution in [-0.4, -0.2) is 156 Å². The van der Waals surface area contributed by atoms with Gasteiger partial charge in [0.15, 0.2) is 11.6 Å². The Morgan fingerprint density at radius 1 is 0.873 bits per heavy atom. The Bertz CT molecular complexity index is 2260. The topological polar surface area (TPSA) is 308 Å². The molecule has 0 aliphatic rings. The Kier molecular flexibility index (Phi) is 19.5. The highest BCUT2D eigenvalue weighted by Gasteiger charge is 2.23. The second-order valence-electron chi connectivity index (χ2n) is 13.5. The van der Waals surface area contributed by atoms with Crippen LogP contribution in [0.1, 0.15) is 45.7 Å². The largest absolute Gasteiger partial charge is 0.521 e. The summed E-state index contributed by atoms with van der Waals surface area (Å²) >= 11 is 0. The first-order valence-electron chi connectivity index (χ1n) is 18.9. The van der Waals surface area contributed by atoms with E-state index in [1.54, 1.807) is 36.7 Å². The molecule has 0 aliphatic heterocycles. The van der Waals surface area contributed by atoms with Gasteiger partial charge in [0.25, 0.3) is 5.91 Å². The number of benzene rings is 1. The summed E-state index contributed by atoms with van der Waals surface area (Å²) in [6.07, 6.45) is 2.57. The highest BCUT2D eigenvalue weighted by atomic mass is 31.2. The van der Waals surface area contributed by atoms with Crippen molar-refractivity contribution in [3.05, 3.63) is 76.9 Å². The number of amides is 1. The van der Waals surface area contributed by atoms with Crippen molar-refractivity contribution in [3.63, 3.8) is 0 Å². The lowest BCUT2D eigenvalue weighted by Crippen LogP contribution is -2.29. The van der Waals surface area contributed by atoms with E-state index in [4.69, 9.17) is 29.0 Å². The summed E-state index contributed by atoms with van der Waals surface area (Å²) in [6.45, 7) is -0.328. The smallest absolute Gasteiger partial charge is 0.490 e. The molecule has 4 rings (SSSR count). The Labute approximate surface area is 361 Å². The molecule has 3 heterocycles. The van der Waals surface area contributed by atoms with E-state index >= 15 is 0 Å². The number of pyridine rings is 1. The van der Waals surface area contributed by atoms with Gasteiger partial charge in [-0.3, -0.25) is 23.8 Å². The average Bonchev–Trinajstić information content (AvgIpc) is 3.88. The molecule has 23 nitrogen and oxygen atoms in total. The van der Waals surface area contributed by atoms with E-state index in [0.29, 0.717) is 28.8 Å². The number of ether oxygens (including phenoxy) is 4. The molecule has 63 heavy (non-hydrogen) atoms. The molecule has 1 unspecified atom stereocenters. The van der Waals surface area contributed by atoms with Crippen LogP contribution in [0, 0.1) is 11.8 Å². The predicted molar refractivity (Wildman–Crippen MR) is 221 cm³/mol. The highest BCUT2D eigenvalue weighted by Crippen LogP contribution is 2.35. The minimum absolute atomic E-state index is 0.0694. The lowest BCUT2D eigenvalue weighted by molar-refractivity contribution is -0.138. The molecule has 0 fully saturated rings. The van der Waals surface area contributed by atoms with Gasteiger partial charge in [0.2, 0.25) is 6.29 Å². The van der Waals surface area contributed by atoms with Crippen molar-refractivity contribution in [1.29, 1.82) is 0 Å². The highest BCUT2D eigenvalue weighted by molar-refractivity contribution is 7.51. The summed E-state index contributed by atoms with van der Waals surface area (Å²) < 4.78 is 48.2. The molecule has 0 bridgehead atoms. The van der Waals surface area contributed by atoms with Crippen LogP contribution in [0.3, 0.4) is 0 Å². The number of carboxylic acids is 2. The first-order valence-corrected chi connectivity index (χ1v) is 22.1. The van der Waals surface area contributed by atoms with Gasteiger partial charge in [0.05, 0.1) is 42.3 Å². The number of aromatic nitrogens is 5. The van der Waals surface area contributed by atoms with Crippen LogP contribution in [0.4, 0.5) is 0 Å². The van der Waals surface area contributed by atoms with Gasteiger partial charge in [0, 0.05) is 64.3 Å². The maximum Gasteiger partial charge on any atom is 0.521 e. The van der Waals surface area contributed by atoms with E-state index in [1.807, 2.05) is 0 Å². The Morgan fingerprint density at radius 3 is 2.02 bits per heavy atom. The van der Waals surface area contributed by atoms with E-state index in [-0.39, 0.29) is 94.1 Å². The summed E-state index contributed by atoms with van der Waals surface area (Å²) in [5.41, 5.74) is 1.43. The average molecular weight is 918 g/mol. The van der Waals surface area contributed by atoms with Crippen LogP contribution < -0.4 is 14.8 Å². The second kappa shape index (κ2) is 24.6. The number of aliphatic carboxylic acids is 2. The third-order valence-corrected chi connectivity index (χ3v) is 9.75. The summed E-state index contributed by atoms with van der Waals surface area (Å²) in [4.78, 5) is 82.7. The number of hydrogen-bond acceptors (Lipinski definition) is 15. The fraction of sp³-hybridized carbons (Fsp3) is 0.395. The molecule has 0 spiro atoms. The molecule has 6 N–H and O–H groups in total. The number of nitrogens with zero attached hydrogens (tertiary/aromatic N) is 7. The SMILES string of the molecule is COCCOc1cc(C(=O)NCCCC(=O)O)c(OCCOC)cc1C#Cc1cc(-n2ccc(CN(CC(=O)O)C[P+](=O)O)n2)nc(-n2ccc(CN(CC=O)CP(=O)(O)O)n2)c1. The van der Waals surface area contributed by atoms with E-state index in [2.05, 4.69) is 27.4 Å². The number of carbonyl (C=O) groups is 4. The third-order valence-electron chi connectivity index (χ3n) is 8.34. The van der Waals surface area contributed by atoms with Crippen molar-refractivity contribution in [2.75, 3.05) is 72.9 Å². The minimum atomic E-state index is -4.51. The standard InChI is InChI=1S/C38H46N8O15P2/c1-58-14-16-60-32-21-31(38(52)39-9-3-4-36(48)49)33(61-17-15-59-2)20-28(32)6-5-27-18-34(45-10-7-29(41-45)22-43(12-13-47)26-63(55,56)57)40-35(19-27)46-11-8-30(42-46)23-44(24-37(50)51)25-62(53)54/h7-8,10-11,13,18-21H,3-4,9,12,14-17,22-26H2,1-2H3,(H5-,39,48,49,50,51,52,53,54,55,56,57)/p+1. The van der Waals surface area contributed by atoms with E-state index in [9.17, 15) is 48.1 Å². The molecule has 1 amide bonds. The van der Waals surface area contributed by atoms with Crippen LogP contribution in [0.2, 0.25) is 0 Å². The fourth-order valence-corrected chi connectivity index (χ4v) is 6.97. The molecule has 25 heteroatoms. The van der Waals surface area contributed by atoms with Crippen molar-refractivity contribution in [2.45, 2.75) is 25.9 Å². The Balaban J connectivity index is 1.82. The molecule has 1 atom stereocenters. The zero-order chi connectivity index (χ0) is 45.9. The molecule has 4 aromatic rings. The van der Waals surface area contributed by atoms with E-state index < -0.39 is 52.6 Å². The number of nitrogens with one attached hydrogen (secondary N) is 1. The van der Waals surface area contributed by atoms with Crippen molar-refractivity contribution >= 4 is 39.8 Å². The maximum atomic E-state index is 13.4. The summed E-state index contributed by atoms with van der Waals surface area (Å²) in [5.74, 6) is 4.15. The lowest BCUT2D eigenvalue weighted by Gasteiger charge is -2.18. The minimum Gasteiger partial charge on any atom is -0.490 e. The molecule has 3 aromatic heterocycles. The van der Waals surface area contributed by atoms with E-state index in [0.717, 1.165) is 0 Å². The van der Waals surface area contributed by atoms with Crippen LogP contribution in [-0.2, 0) is 46.1 Å². The van der Waals surface area contributed by atoms with Crippen LogP contribution in [0.25, 0.3) is 11.6 Å². The first-order chi connectivity index (χ1) is 30.1. The zero-order valence-electron chi connectivity index (χ0n) is 34.2. The quantitative estimate of drug-likeness (QED) is 0.0212. The molecule has 338 valence electrons. The van der Waals surface area contributed by atoms with Crippen molar-refractivity contribution in [2.24, 2.45) is 0 Å². The van der Waals surface area contributed by atoms with Crippen molar-refractivity contribution < 1.29 is 72.1 Å². The van der Waals surface area contributed by atoms with Gasteiger partial charge in [0.1, 0.15) is 43.8 Å². The van der Waals surface area contributed by atoms with Gasteiger partial charge in [-0.15, -0.1) is 0 Å². The third kappa shape index (κ3) is 17.0. The summed E-state index contributed by atoms with van der Waals surface area (Å²) in [7, 11) is -4.22. The zero-order valence-corrected chi connectivity index (χ0v) is 36.0. The Morgan fingerprint density at radius 2 is 1.48 bits per heavy atom. The van der Waals surface area contributed by atoms with E-state index in [1.165, 1.54) is 45.5 Å². The van der Waals surface area contributed by atoms with Crippen molar-refractivity contribution in [3.8, 4) is 35.0 Å². The molecule has 0 radical (unpaired) electrons. The van der Waals surface area contributed by atoms with Crippen molar-refractivity contribution in [1.82, 2.24) is 39.7 Å². The lowest BCUT2D eigenvalue weighted by atomic mass is 10.1. The van der Waals surface area contributed by atoms with Gasteiger partial charge < -0.3 is 49.1 Å². The molecular formula is C38H47N8O15P2+. The normalized spacial score (nSPS) is 11.6. The van der Waals surface area contributed by atoms with Gasteiger partial charge in [-0.25, -0.2) is 19.2 Å². The van der Waals surface area contributed by atoms with Crippen LogP contribution >= 0.6 is 15.6 Å². The monoisotopic (exact) mass is 917 g/mol. The maximum absolute atomic E-state index is 13.4. The van der Waals surface area contributed by atoms with Gasteiger partial charge >= 0.3 is 27.6 Å². The molecular weight excluding hydrogens is 870 g/mol. The molecule has 0 saturated heterocycles. The summed E-state index contributed by atoms with van der Waals surface area (Å²) in [5, 5.41) is 30.1. The molecule has 0 aliphatic carbocycles.